The summed E-state index contributed by atoms with van der Waals surface area (Å²) < 4.78 is 11.4. The molecule has 1 spiro atoms. The first-order valence-electron chi connectivity index (χ1n) is 13.7. The summed E-state index contributed by atoms with van der Waals surface area (Å²) in [6.07, 6.45) is 3.83. The van der Waals surface area contributed by atoms with Crippen molar-refractivity contribution in [2.75, 3.05) is 19.1 Å². The molecule has 1 fully saturated rings. The van der Waals surface area contributed by atoms with Gasteiger partial charge in [0, 0.05) is 33.9 Å². The van der Waals surface area contributed by atoms with E-state index in [1.807, 2.05) is 41.3 Å². The number of carbonyl (C=O) groups is 3. The second-order valence-electron chi connectivity index (χ2n) is 10.7. The van der Waals surface area contributed by atoms with Crippen LogP contribution in [0, 0.1) is 5.41 Å². The number of fused-ring (bicyclic) bond motifs is 5. The number of para-hydroxylation sites is 1. The average Bonchev–Trinajstić information content (AvgIpc) is 3.46. The molecule has 2 heterocycles. The Morgan fingerprint density at radius 3 is 2.19 bits per heavy atom. The second-order valence-corrected chi connectivity index (χ2v) is 11.1. The largest absolute Gasteiger partial charge is 0.497 e. The molecule has 6 nitrogen and oxygen atoms in total. The smallest absolute Gasteiger partial charge is 0.187 e. The number of carbonyl (C=O) groups excluding carboxylic acids is 3. The highest BCUT2D eigenvalue weighted by atomic mass is 35.5. The fourth-order valence-electron chi connectivity index (χ4n) is 7.16. The topological polar surface area (TPSA) is 72.9 Å². The first-order chi connectivity index (χ1) is 20.4. The van der Waals surface area contributed by atoms with Crippen molar-refractivity contribution < 1.29 is 23.9 Å². The van der Waals surface area contributed by atoms with Gasteiger partial charge >= 0.3 is 0 Å². The number of hydrogen-bond acceptors (Lipinski definition) is 6. The van der Waals surface area contributed by atoms with E-state index in [1.54, 1.807) is 73.8 Å². The molecule has 7 heteroatoms. The third-order valence-electron chi connectivity index (χ3n) is 8.89. The van der Waals surface area contributed by atoms with E-state index in [2.05, 4.69) is 0 Å². The predicted molar refractivity (Wildman–Crippen MR) is 161 cm³/mol. The molecule has 1 aliphatic carbocycles. The van der Waals surface area contributed by atoms with Crippen molar-refractivity contribution in [3.63, 3.8) is 0 Å². The monoisotopic (exact) mass is 575 g/mol. The Kier molecular flexibility index (Phi) is 6.06. The lowest BCUT2D eigenvalue weighted by Crippen LogP contribution is -2.48. The normalized spacial score (nSPS) is 21.2. The lowest BCUT2D eigenvalue weighted by atomic mass is 9.64. The van der Waals surface area contributed by atoms with Crippen molar-refractivity contribution in [2.45, 2.75) is 18.0 Å². The zero-order chi connectivity index (χ0) is 29.2. The number of Topliss-reactive ketones (excluding diaryl/α,β-unsaturated/α-hetero) is 3. The number of benzene rings is 4. The maximum Gasteiger partial charge on any atom is 0.187 e. The van der Waals surface area contributed by atoms with Gasteiger partial charge in [0.05, 0.1) is 25.3 Å². The standard InChI is InChI=1S/C35H26ClNO5/c1-41-21-16-17-28(42-2)25(19-21)30-31(32(38)24-12-6-7-13-26(24)36)37-27-14-8-3-9-20(27)15-18-29(37)35(30)33(39)22-10-4-5-11-23(22)34(35)40/h3-19,29-31H,1-2H3. The van der Waals surface area contributed by atoms with E-state index in [0.29, 0.717) is 38.8 Å². The molecular formula is C35H26ClNO5. The van der Waals surface area contributed by atoms with Crippen molar-refractivity contribution in [1.29, 1.82) is 0 Å². The van der Waals surface area contributed by atoms with Gasteiger partial charge in [-0.3, -0.25) is 14.4 Å². The van der Waals surface area contributed by atoms with Gasteiger partial charge in [0.25, 0.3) is 0 Å². The molecule has 3 aliphatic rings. The maximum absolute atomic E-state index is 14.9. The molecular weight excluding hydrogens is 550 g/mol. The van der Waals surface area contributed by atoms with Gasteiger partial charge < -0.3 is 14.4 Å². The van der Waals surface area contributed by atoms with Crippen LogP contribution in [0.25, 0.3) is 6.08 Å². The van der Waals surface area contributed by atoms with Crippen LogP contribution in [0.5, 0.6) is 11.5 Å². The lowest BCUT2D eigenvalue weighted by molar-refractivity contribution is 0.0664. The van der Waals surface area contributed by atoms with E-state index < -0.39 is 23.4 Å². The first kappa shape index (κ1) is 26.2. The van der Waals surface area contributed by atoms with Crippen LogP contribution in [-0.4, -0.2) is 43.7 Å². The van der Waals surface area contributed by atoms with Crippen molar-refractivity contribution in [1.82, 2.24) is 0 Å². The van der Waals surface area contributed by atoms with Crippen molar-refractivity contribution >= 4 is 40.7 Å². The van der Waals surface area contributed by atoms with Gasteiger partial charge in [0.15, 0.2) is 17.3 Å². The fourth-order valence-corrected chi connectivity index (χ4v) is 7.39. The van der Waals surface area contributed by atoms with Crippen LogP contribution in [0.1, 0.15) is 48.1 Å². The number of halogens is 1. The minimum Gasteiger partial charge on any atom is -0.497 e. The van der Waals surface area contributed by atoms with Gasteiger partial charge in [-0.25, -0.2) is 0 Å². The van der Waals surface area contributed by atoms with Crippen LogP contribution in [0.3, 0.4) is 0 Å². The molecule has 2 aliphatic heterocycles. The molecule has 7 rings (SSSR count). The Morgan fingerprint density at radius 1 is 0.833 bits per heavy atom. The van der Waals surface area contributed by atoms with Crippen LogP contribution in [0.15, 0.2) is 97.1 Å². The summed E-state index contributed by atoms with van der Waals surface area (Å²) in [4.78, 5) is 46.4. The maximum atomic E-state index is 14.9. The zero-order valence-electron chi connectivity index (χ0n) is 22.9. The molecule has 208 valence electrons. The van der Waals surface area contributed by atoms with Gasteiger partial charge in [-0.15, -0.1) is 0 Å². The number of ether oxygens (including phenoxy) is 2. The van der Waals surface area contributed by atoms with Gasteiger partial charge in [-0.05, 0) is 42.0 Å². The van der Waals surface area contributed by atoms with Crippen LogP contribution in [0.2, 0.25) is 5.02 Å². The summed E-state index contributed by atoms with van der Waals surface area (Å²) in [6.45, 7) is 0. The number of hydrogen-bond donors (Lipinski definition) is 0. The average molecular weight is 576 g/mol. The first-order valence-corrected chi connectivity index (χ1v) is 14.1. The zero-order valence-corrected chi connectivity index (χ0v) is 23.7. The molecule has 0 N–H and O–H groups in total. The van der Waals surface area contributed by atoms with Crippen LogP contribution in [0.4, 0.5) is 5.69 Å². The Morgan fingerprint density at radius 2 is 1.50 bits per heavy atom. The molecule has 3 atom stereocenters. The molecule has 0 amide bonds. The minimum absolute atomic E-state index is 0.293. The van der Waals surface area contributed by atoms with Crippen molar-refractivity contribution in [3.05, 3.63) is 130 Å². The number of ketones is 3. The molecule has 0 aromatic heterocycles. The van der Waals surface area contributed by atoms with Gasteiger partial charge in [0.2, 0.25) is 0 Å². The minimum atomic E-state index is -1.66. The number of rotatable bonds is 5. The fraction of sp³-hybridized carbons (Fsp3) is 0.171. The number of nitrogens with zero attached hydrogens (tertiary/aromatic N) is 1. The van der Waals surface area contributed by atoms with E-state index >= 15 is 0 Å². The highest BCUT2D eigenvalue weighted by Crippen LogP contribution is 2.62. The second kappa shape index (κ2) is 9.71. The van der Waals surface area contributed by atoms with E-state index in [9.17, 15) is 14.4 Å². The molecule has 0 bridgehead atoms. The number of methoxy groups -OCH3 is 2. The van der Waals surface area contributed by atoms with Gasteiger partial charge in [-0.1, -0.05) is 78.4 Å². The SMILES string of the molecule is COc1ccc(OC)c(C2C(C(=O)c3ccccc3Cl)N3c4ccccc4C=CC3C23C(=O)c2ccccc2C3=O)c1. The Bertz CT molecular complexity index is 1790. The van der Waals surface area contributed by atoms with Crippen LogP contribution in [-0.2, 0) is 0 Å². The third-order valence-corrected chi connectivity index (χ3v) is 9.22. The summed E-state index contributed by atoms with van der Waals surface area (Å²) in [5.74, 6) is -0.900. The molecule has 4 aromatic carbocycles. The summed E-state index contributed by atoms with van der Waals surface area (Å²) in [5, 5.41) is 0.296. The molecule has 0 saturated carbocycles. The predicted octanol–water partition coefficient (Wildman–Crippen LogP) is 6.67. The summed E-state index contributed by atoms with van der Waals surface area (Å²) in [6, 6.07) is 25.0. The highest BCUT2D eigenvalue weighted by molar-refractivity contribution is 6.35. The Balaban J connectivity index is 1.60. The third kappa shape index (κ3) is 3.42. The molecule has 0 radical (unpaired) electrons. The quantitative estimate of drug-likeness (QED) is 0.195. The van der Waals surface area contributed by atoms with Crippen LogP contribution < -0.4 is 14.4 Å². The summed E-state index contributed by atoms with van der Waals surface area (Å²) in [5.41, 5.74) is 1.55. The van der Waals surface area contributed by atoms with E-state index in [0.717, 1.165) is 11.3 Å². The molecule has 3 unspecified atom stereocenters. The van der Waals surface area contributed by atoms with Crippen LogP contribution >= 0.6 is 11.6 Å². The highest BCUT2D eigenvalue weighted by Gasteiger charge is 2.72. The van der Waals surface area contributed by atoms with Crippen molar-refractivity contribution in [2.24, 2.45) is 5.41 Å². The van der Waals surface area contributed by atoms with Crippen molar-refractivity contribution in [3.8, 4) is 11.5 Å². The molecule has 1 saturated heterocycles. The summed E-state index contributed by atoms with van der Waals surface area (Å²) >= 11 is 6.62. The Labute approximate surface area is 248 Å². The van der Waals surface area contributed by atoms with E-state index in [4.69, 9.17) is 21.1 Å². The lowest BCUT2D eigenvalue weighted by Gasteiger charge is -2.37. The Hall–Kier alpha value is -4.68. The molecule has 4 aromatic rings. The number of anilines is 1. The summed E-state index contributed by atoms with van der Waals surface area (Å²) in [7, 11) is 3.08. The van der Waals surface area contributed by atoms with Gasteiger partial charge in [0.1, 0.15) is 23.0 Å². The van der Waals surface area contributed by atoms with E-state index in [1.165, 1.54) is 7.11 Å². The molecule has 42 heavy (non-hydrogen) atoms. The van der Waals surface area contributed by atoms with Gasteiger partial charge in [-0.2, -0.15) is 0 Å². The van der Waals surface area contributed by atoms with E-state index in [-0.39, 0.29) is 17.3 Å².